The molecule has 1 N–H and O–H groups in total. The van der Waals surface area contributed by atoms with E-state index in [-0.39, 0.29) is 22.4 Å². The molecular formula is C23H18ClN3O4S2. The monoisotopic (exact) mass is 499 g/mol. The normalized spacial score (nSPS) is 10.8. The second kappa shape index (κ2) is 10.2. The van der Waals surface area contributed by atoms with E-state index in [4.69, 9.17) is 20.8 Å². The molecule has 7 nitrogen and oxygen atoms in total. The number of thioether (sulfide) groups is 1. The number of anilines is 1. The van der Waals surface area contributed by atoms with Crippen LogP contribution in [0.2, 0.25) is 5.02 Å². The van der Waals surface area contributed by atoms with Gasteiger partial charge in [0.2, 0.25) is 11.8 Å². The number of hydrogen-bond donors (Lipinski definition) is 1. The Kier molecular flexibility index (Phi) is 7.12. The molecule has 0 bridgehead atoms. The standard InChI is InChI=1S/C23H18ClN3O4S2/c1-13-7-9-14(10-8-13)20-26-27-23(31-20)33-12-18(28)25-21-19(22(29)30-2)16(11-32-21)15-5-3-4-6-17(15)24/h3-11H,12H2,1-2H3,(H,25,28). The van der Waals surface area contributed by atoms with Gasteiger partial charge < -0.3 is 14.5 Å². The number of nitrogens with one attached hydrogen (secondary N) is 1. The summed E-state index contributed by atoms with van der Waals surface area (Å²) in [6.07, 6.45) is 0. The van der Waals surface area contributed by atoms with Gasteiger partial charge in [0, 0.05) is 27.1 Å². The smallest absolute Gasteiger partial charge is 0.341 e. The number of hydrogen-bond acceptors (Lipinski definition) is 8. The third-order valence-corrected chi connectivity index (χ3v) is 6.67. The maximum Gasteiger partial charge on any atom is 0.341 e. The van der Waals surface area contributed by atoms with Gasteiger partial charge in [0.05, 0.1) is 12.9 Å². The zero-order chi connectivity index (χ0) is 23.4. The number of aromatic nitrogens is 2. The molecule has 2 aromatic heterocycles. The third kappa shape index (κ3) is 5.27. The fourth-order valence-electron chi connectivity index (χ4n) is 3.00. The molecule has 0 saturated carbocycles. The lowest BCUT2D eigenvalue weighted by Gasteiger charge is -2.08. The van der Waals surface area contributed by atoms with Gasteiger partial charge in [0.25, 0.3) is 5.22 Å². The number of nitrogens with zero attached hydrogens (tertiary/aromatic N) is 2. The average molecular weight is 500 g/mol. The number of esters is 1. The van der Waals surface area contributed by atoms with Crippen molar-refractivity contribution in [1.82, 2.24) is 10.2 Å². The molecule has 1 amide bonds. The van der Waals surface area contributed by atoms with Crippen molar-refractivity contribution in [2.45, 2.75) is 12.1 Å². The number of aryl methyl sites for hydroxylation is 1. The van der Waals surface area contributed by atoms with Gasteiger partial charge in [-0.1, -0.05) is 59.3 Å². The highest BCUT2D eigenvalue weighted by molar-refractivity contribution is 7.99. The first-order chi connectivity index (χ1) is 16.0. The van der Waals surface area contributed by atoms with Gasteiger partial charge in [-0.2, -0.15) is 0 Å². The minimum absolute atomic E-state index is 0.0233. The summed E-state index contributed by atoms with van der Waals surface area (Å²) in [5, 5.41) is 13.7. The zero-order valence-corrected chi connectivity index (χ0v) is 20.0. The quantitative estimate of drug-likeness (QED) is 0.248. The predicted octanol–water partition coefficient (Wildman–Crippen LogP) is 5.94. The molecule has 0 radical (unpaired) electrons. The summed E-state index contributed by atoms with van der Waals surface area (Å²) < 4.78 is 10.6. The lowest BCUT2D eigenvalue weighted by Crippen LogP contribution is -2.16. The highest BCUT2D eigenvalue weighted by Crippen LogP contribution is 2.39. The number of carbonyl (C=O) groups is 2. The van der Waals surface area contributed by atoms with Crippen molar-refractivity contribution in [2.24, 2.45) is 0 Å². The van der Waals surface area contributed by atoms with Crippen LogP contribution in [0.15, 0.2) is 63.6 Å². The van der Waals surface area contributed by atoms with E-state index in [2.05, 4.69) is 15.5 Å². The Bertz CT molecular complexity index is 1300. The van der Waals surface area contributed by atoms with Crippen LogP contribution in [0.25, 0.3) is 22.6 Å². The van der Waals surface area contributed by atoms with Crippen molar-refractivity contribution < 1.29 is 18.7 Å². The lowest BCUT2D eigenvalue weighted by atomic mass is 10.0. The van der Waals surface area contributed by atoms with Crippen LogP contribution in [-0.2, 0) is 9.53 Å². The molecule has 0 spiro atoms. The van der Waals surface area contributed by atoms with Crippen molar-refractivity contribution in [3.8, 4) is 22.6 Å². The van der Waals surface area contributed by atoms with Crippen LogP contribution in [-0.4, -0.2) is 34.9 Å². The molecule has 0 aliphatic rings. The molecule has 0 aliphatic carbocycles. The molecule has 4 rings (SSSR count). The molecule has 0 atom stereocenters. The number of carbonyl (C=O) groups excluding carboxylic acids is 2. The van der Waals surface area contributed by atoms with Crippen LogP contribution in [0.3, 0.4) is 0 Å². The lowest BCUT2D eigenvalue weighted by molar-refractivity contribution is -0.113. The maximum atomic E-state index is 12.6. The summed E-state index contributed by atoms with van der Waals surface area (Å²) in [5.41, 5.74) is 3.47. The molecule has 33 heavy (non-hydrogen) atoms. The molecule has 2 heterocycles. The number of halogens is 1. The second-order valence-corrected chi connectivity index (χ2v) is 9.11. The Morgan fingerprint density at radius 1 is 1.12 bits per heavy atom. The summed E-state index contributed by atoms with van der Waals surface area (Å²) in [5.74, 6) is -0.481. The zero-order valence-electron chi connectivity index (χ0n) is 17.6. The molecular weight excluding hydrogens is 482 g/mol. The van der Waals surface area contributed by atoms with E-state index >= 15 is 0 Å². The van der Waals surface area contributed by atoms with Crippen molar-refractivity contribution in [3.05, 3.63) is 70.1 Å². The van der Waals surface area contributed by atoms with Crippen LogP contribution in [0, 0.1) is 6.92 Å². The van der Waals surface area contributed by atoms with Crippen LogP contribution < -0.4 is 5.32 Å². The molecule has 0 unspecified atom stereocenters. The van der Waals surface area contributed by atoms with Crippen molar-refractivity contribution in [1.29, 1.82) is 0 Å². The van der Waals surface area contributed by atoms with Gasteiger partial charge in [0.15, 0.2) is 0 Å². The summed E-state index contributed by atoms with van der Waals surface area (Å²) in [4.78, 5) is 25.1. The number of amides is 1. The Morgan fingerprint density at radius 3 is 2.61 bits per heavy atom. The van der Waals surface area contributed by atoms with Gasteiger partial charge in [-0.05, 0) is 25.1 Å². The minimum Gasteiger partial charge on any atom is -0.465 e. The van der Waals surface area contributed by atoms with Crippen LogP contribution >= 0.6 is 34.7 Å². The first-order valence-corrected chi connectivity index (χ1v) is 12.0. The van der Waals surface area contributed by atoms with E-state index in [1.54, 1.807) is 23.6 Å². The number of rotatable bonds is 7. The van der Waals surface area contributed by atoms with E-state index in [1.165, 1.54) is 18.4 Å². The third-order valence-electron chi connectivity index (χ3n) is 4.63. The number of thiophene rings is 1. The van der Waals surface area contributed by atoms with Crippen LogP contribution in [0.4, 0.5) is 5.00 Å². The van der Waals surface area contributed by atoms with Gasteiger partial charge in [-0.3, -0.25) is 4.79 Å². The van der Waals surface area contributed by atoms with Gasteiger partial charge in [0.1, 0.15) is 10.6 Å². The molecule has 0 fully saturated rings. The van der Waals surface area contributed by atoms with E-state index in [0.29, 0.717) is 27.0 Å². The largest absolute Gasteiger partial charge is 0.465 e. The SMILES string of the molecule is COC(=O)c1c(-c2ccccc2Cl)csc1NC(=O)CSc1nnc(-c2ccc(C)cc2)o1. The highest BCUT2D eigenvalue weighted by Gasteiger charge is 2.23. The minimum atomic E-state index is -0.561. The Hall–Kier alpha value is -3.14. The summed E-state index contributed by atoms with van der Waals surface area (Å²) in [6.45, 7) is 1.99. The van der Waals surface area contributed by atoms with E-state index in [9.17, 15) is 9.59 Å². The molecule has 10 heteroatoms. The first kappa shape index (κ1) is 23.0. The van der Waals surface area contributed by atoms with Crippen LogP contribution in [0.1, 0.15) is 15.9 Å². The summed E-state index contributed by atoms with van der Waals surface area (Å²) in [6, 6.07) is 14.9. The fourth-order valence-corrected chi connectivity index (χ4v) is 4.77. The fraction of sp³-hybridized carbons (Fsp3) is 0.130. The Balaban J connectivity index is 1.46. The number of methoxy groups -OCH3 is 1. The van der Waals surface area contributed by atoms with E-state index < -0.39 is 5.97 Å². The molecule has 2 aromatic carbocycles. The number of benzene rings is 2. The summed E-state index contributed by atoms with van der Waals surface area (Å²) in [7, 11) is 1.29. The topological polar surface area (TPSA) is 94.3 Å². The number of ether oxygens (including phenoxy) is 1. The molecule has 168 valence electrons. The van der Waals surface area contributed by atoms with Crippen molar-refractivity contribution in [3.63, 3.8) is 0 Å². The highest BCUT2D eigenvalue weighted by atomic mass is 35.5. The first-order valence-electron chi connectivity index (χ1n) is 9.74. The molecule has 0 aliphatic heterocycles. The predicted molar refractivity (Wildman–Crippen MR) is 130 cm³/mol. The van der Waals surface area contributed by atoms with Gasteiger partial charge in [-0.15, -0.1) is 21.5 Å². The summed E-state index contributed by atoms with van der Waals surface area (Å²) >= 11 is 8.63. The van der Waals surface area contributed by atoms with Crippen LogP contribution in [0.5, 0.6) is 0 Å². The van der Waals surface area contributed by atoms with E-state index in [0.717, 1.165) is 22.9 Å². The van der Waals surface area contributed by atoms with Gasteiger partial charge in [-0.25, -0.2) is 4.79 Å². The Morgan fingerprint density at radius 2 is 1.88 bits per heavy atom. The van der Waals surface area contributed by atoms with Crippen molar-refractivity contribution in [2.75, 3.05) is 18.2 Å². The average Bonchev–Trinajstić information content (AvgIpc) is 3.45. The van der Waals surface area contributed by atoms with Crippen molar-refractivity contribution >= 4 is 51.6 Å². The van der Waals surface area contributed by atoms with Gasteiger partial charge >= 0.3 is 5.97 Å². The Labute approximate surface area is 203 Å². The maximum absolute atomic E-state index is 12.6. The molecule has 0 saturated heterocycles. The second-order valence-electron chi connectivity index (χ2n) is 6.90. The van der Waals surface area contributed by atoms with E-state index in [1.807, 2.05) is 37.3 Å². The molecule has 4 aromatic rings.